The minimum absolute atomic E-state index is 0.00974. The number of carboxylic acid groups (broad SMARTS) is 1. The summed E-state index contributed by atoms with van der Waals surface area (Å²) in [6, 6.07) is 14.9. The van der Waals surface area contributed by atoms with Crippen LogP contribution >= 0.6 is 11.6 Å². The molecule has 1 unspecified atom stereocenters. The topological polar surface area (TPSA) is 57.6 Å². The molecule has 2 aromatic rings. The Morgan fingerprint density at radius 2 is 1.88 bits per heavy atom. The molecule has 0 bridgehead atoms. The predicted molar refractivity (Wildman–Crippen MR) is 94.6 cm³/mol. The third-order valence-electron chi connectivity index (χ3n) is 5.32. The van der Waals surface area contributed by atoms with E-state index >= 15 is 0 Å². The van der Waals surface area contributed by atoms with Gasteiger partial charge in [-0.15, -0.1) is 0 Å². The molecule has 1 N–H and O–H groups in total. The SMILES string of the molecule is O=C(O)C1CN(C(=O)C2(c3cccc(Cl)c3)CC2)Cc2ccccc21. The Balaban J connectivity index is 1.66. The molecule has 1 heterocycles. The quantitative estimate of drug-likeness (QED) is 0.915. The Morgan fingerprint density at radius 1 is 1.12 bits per heavy atom. The van der Waals surface area contributed by atoms with E-state index in [1.54, 1.807) is 11.0 Å². The lowest BCUT2D eigenvalue weighted by Gasteiger charge is -2.35. The van der Waals surface area contributed by atoms with Crippen molar-refractivity contribution in [3.8, 4) is 0 Å². The van der Waals surface area contributed by atoms with Crippen LogP contribution in [0.15, 0.2) is 48.5 Å². The number of halogens is 1. The van der Waals surface area contributed by atoms with Crippen LogP contribution in [0.4, 0.5) is 0 Å². The summed E-state index contributed by atoms with van der Waals surface area (Å²) in [4.78, 5) is 26.7. The first-order valence-electron chi connectivity index (χ1n) is 8.37. The molecule has 1 fully saturated rings. The molecule has 1 aliphatic heterocycles. The van der Waals surface area contributed by atoms with Crippen molar-refractivity contribution in [3.63, 3.8) is 0 Å². The van der Waals surface area contributed by atoms with Crippen molar-refractivity contribution in [2.75, 3.05) is 6.54 Å². The number of hydrogen-bond acceptors (Lipinski definition) is 2. The Labute approximate surface area is 151 Å². The van der Waals surface area contributed by atoms with E-state index in [1.807, 2.05) is 42.5 Å². The summed E-state index contributed by atoms with van der Waals surface area (Å²) < 4.78 is 0. The maximum atomic E-state index is 13.3. The molecule has 25 heavy (non-hydrogen) atoms. The van der Waals surface area contributed by atoms with E-state index in [2.05, 4.69) is 0 Å². The van der Waals surface area contributed by atoms with Gasteiger partial charge in [0, 0.05) is 18.1 Å². The van der Waals surface area contributed by atoms with Crippen LogP contribution in [0, 0.1) is 0 Å². The third kappa shape index (κ3) is 2.71. The molecule has 0 spiro atoms. The van der Waals surface area contributed by atoms with Crippen LogP contribution in [0.3, 0.4) is 0 Å². The molecule has 1 aliphatic carbocycles. The zero-order valence-corrected chi connectivity index (χ0v) is 14.4. The van der Waals surface area contributed by atoms with Crippen LogP contribution in [0.5, 0.6) is 0 Å². The average molecular weight is 356 g/mol. The Kier molecular flexibility index (Phi) is 3.80. The van der Waals surface area contributed by atoms with Gasteiger partial charge in [-0.05, 0) is 41.7 Å². The highest BCUT2D eigenvalue weighted by Crippen LogP contribution is 2.50. The number of benzene rings is 2. The molecule has 128 valence electrons. The number of aliphatic carboxylic acids is 1. The molecular weight excluding hydrogens is 338 g/mol. The fourth-order valence-electron chi connectivity index (χ4n) is 3.81. The zero-order valence-electron chi connectivity index (χ0n) is 13.6. The van der Waals surface area contributed by atoms with E-state index in [-0.39, 0.29) is 12.5 Å². The smallest absolute Gasteiger partial charge is 0.312 e. The van der Waals surface area contributed by atoms with Gasteiger partial charge in [0.25, 0.3) is 0 Å². The van der Waals surface area contributed by atoms with E-state index in [1.165, 1.54) is 0 Å². The molecule has 1 amide bonds. The largest absolute Gasteiger partial charge is 0.481 e. The van der Waals surface area contributed by atoms with Crippen LogP contribution in [0.25, 0.3) is 0 Å². The number of carboxylic acids is 1. The van der Waals surface area contributed by atoms with Crippen molar-refractivity contribution >= 4 is 23.5 Å². The first-order chi connectivity index (χ1) is 12.0. The number of fused-ring (bicyclic) bond motifs is 1. The summed E-state index contributed by atoms with van der Waals surface area (Å²) in [5, 5.41) is 10.2. The maximum absolute atomic E-state index is 13.3. The van der Waals surface area contributed by atoms with Gasteiger partial charge in [-0.1, -0.05) is 48.0 Å². The highest BCUT2D eigenvalue weighted by Gasteiger charge is 2.54. The van der Waals surface area contributed by atoms with E-state index < -0.39 is 17.3 Å². The average Bonchev–Trinajstić information content (AvgIpc) is 3.42. The van der Waals surface area contributed by atoms with Gasteiger partial charge in [-0.2, -0.15) is 0 Å². The number of carbonyl (C=O) groups excluding carboxylic acids is 1. The fraction of sp³-hybridized carbons (Fsp3) is 0.300. The number of carbonyl (C=O) groups is 2. The minimum atomic E-state index is -0.891. The van der Waals surface area contributed by atoms with Crippen LogP contribution in [0.2, 0.25) is 5.02 Å². The Hall–Kier alpha value is -2.33. The van der Waals surface area contributed by atoms with E-state index in [9.17, 15) is 14.7 Å². The number of amides is 1. The summed E-state index contributed by atoms with van der Waals surface area (Å²) in [7, 11) is 0. The van der Waals surface area contributed by atoms with Crippen LogP contribution in [-0.2, 0) is 21.5 Å². The van der Waals surface area contributed by atoms with Gasteiger partial charge in [-0.3, -0.25) is 9.59 Å². The van der Waals surface area contributed by atoms with Crippen molar-refractivity contribution in [1.82, 2.24) is 4.90 Å². The maximum Gasteiger partial charge on any atom is 0.312 e. The summed E-state index contributed by atoms with van der Waals surface area (Å²) in [6.07, 6.45) is 1.56. The van der Waals surface area contributed by atoms with Gasteiger partial charge in [0.15, 0.2) is 0 Å². The predicted octanol–water partition coefficient (Wildman–Crippen LogP) is 3.58. The fourth-order valence-corrected chi connectivity index (χ4v) is 4.00. The lowest BCUT2D eigenvalue weighted by atomic mass is 9.87. The molecule has 0 aromatic heterocycles. The van der Waals surface area contributed by atoms with Crippen molar-refractivity contribution in [2.45, 2.75) is 30.7 Å². The number of hydrogen-bond donors (Lipinski definition) is 1. The van der Waals surface area contributed by atoms with Gasteiger partial charge in [0.05, 0.1) is 11.3 Å². The van der Waals surface area contributed by atoms with Crippen molar-refractivity contribution in [1.29, 1.82) is 0 Å². The van der Waals surface area contributed by atoms with Crippen molar-refractivity contribution in [2.24, 2.45) is 0 Å². The molecule has 1 atom stereocenters. The van der Waals surface area contributed by atoms with E-state index in [0.29, 0.717) is 11.6 Å². The minimum Gasteiger partial charge on any atom is -0.481 e. The number of nitrogens with zero attached hydrogens (tertiary/aromatic N) is 1. The lowest BCUT2D eigenvalue weighted by molar-refractivity contribution is -0.142. The second-order valence-electron chi connectivity index (χ2n) is 6.87. The molecule has 0 saturated heterocycles. The molecule has 5 heteroatoms. The first-order valence-corrected chi connectivity index (χ1v) is 8.75. The molecule has 4 rings (SSSR count). The second kappa shape index (κ2) is 5.88. The van der Waals surface area contributed by atoms with Crippen molar-refractivity contribution < 1.29 is 14.7 Å². The highest BCUT2D eigenvalue weighted by atomic mass is 35.5. The summed E-state index contributed by atoms with van der Waals surface area (Å²) in [6.45, 7) is 0.675. The summed E-state index contributed by atoms with van der Waals surface area (Å²) in [5.74, 6) is -1.56. The van der Waals surface area contributed by atoms with Gasteiger partial charge in [-0.25, -0.2) is 0 Å². The second-order valence-corrected chi connectivity index (χ2v) is 7.30. The Morgan fingerprint density at radius 3 is 2.56 bits per heavy atom. The van der Waals surface area contributed by atoms with Crippen molar-refractivity contribution in [3.05, 3.63) is 70.2 Å². The molecule has 2 aromatic carbocycles. The normalized spacial score (nSPS) is 20.7. The van der Waals surface area contributed by atoms with Gasteiger partial charge in [0.2, 0.25) is 5.91 Å². The monoisotopic (exact) mass is 355 g/mol. The van der Waals surface area contributed by atoms with Gasteiger partial charge < -0.3 is 10.0 Å². The Bertz CT molecular complexity index is 860. The molecular formula is C20H18ClNO3. The molecule has 4 nitrogen and oxygen atoms in total. The molecule has 2 aliphatic rings. The third-order valence-corrected chi connectivity index (χ3v) is 5.55. The van der Waals surface area contributed by atoms with Crippen LogP contribution in [-0.4, -0.2) is 28.4 Å². The number of rotatable bonds is 3. The first kappa shape index (κ1) is 16.2. The summed E-state index contributed by atoms with van der Waals surface area (Å²) >= 11 is 6.10. The molecule has 1 saturated carbocycles. The van der Waals surface area contributed by atoms with Gasteiger partial charge in [0.1, 0.15) is 0 Å². The van der Waals surface area contributed by atoms with Gasteiger partial charge >= 0.3 is 5.97 Å². The lowest BCUT2D eigenvalue weighted by Crippen LogP contribution is -2.45. The summed E-state index contributed by atoms with van der Waals surface area (Å²) in [5.41, 5.74) is 2.11. The molecule has 0 radical (unpaired) electrons. The standard InChI is InChI=1S/C20H18ClNO3/c21-15-6-3-5-14(10-15)20(8-9-20)19(25)22-11-13-4-1-2-7-16(13)17(12-22)18(23)24/h1-7,10,17H,8-9,11-12H2,(H,23,24). The van der Waals surface area contributed by atoms with E-state index in [0.717, 1.165) is 29.5 Å². The zero-order chi connectivity index (χ0) is 17.6. The van der Waals surface area contributed by atoms with Crippen LogP contribution in [0.1, 0.15) is 35.4 Å². The van der Waals surface area contributed by atoms with Crippen LogP contribution < -0.4 is 0 Å². The van der Waals surface area contributed by atoms with E-state index in [4.69, 9.17) is 11.6 Å². The highest BCUT2D eigenvalue weighted by molar-refractivity contribution is 6.30.